The van der Waals surface area contributed by atoms with E-state index < -0.39 is 10.0 Å². The Kier molecular flexibility index (Phi) is 5.57. The van der Waals surface area contributed by atoms with E-state index in [4.69, 9.17) is 4.74 Å². The fourth-order valence-electron chi connectivity index (χ4n) is 3.23. The van der Waals surface area contributed by atoms with Gasteiger partial charge in [-0.25, -0.2) is 8.42 Å². The van der Waals surface area contributed by atoms with Crippen molar-refractivity contribution in [3.05, 3.63) is 71.3 Å². The van der Waals surface area contributed by atoms with Crippen LogP contribution in [0.1, 0.15) is 23.6 Å². The number of morpholine rings is 1. The van der Waals surface area contributed by atoms with Gasteiger partial charge < -0.3 is 4.74 Å². The molecule has 134 valence electrons. The SMILES string of the molecule is Cc1ccccc1CS(=O)(=O)N1CC(Cc2ccccc2)OCC1C. The molecule has 0 N–H and O–H groups in total. The molecule has 0 radical (unpaired) electrons. The summed E-state index contributed by atoms with van der Waals surface area (Å²) in [6.07, 6.45) is 0.620. The molecule has 1 heterocycles. The zero-order chi connectivity index (χ0) is 17.9. The topological polar surface area (TPSA) is 46.6 Å². The Balaban J connectivity index is 1.73. The minimum absolute atomic E-state index is 0.0437. The first-order valence-electron chi connectivity index (χ1n) is 8.65. The lowest BCUT2D eigenvalue weighted by atomic mass is 10.1. The smallest absolute Gasteiger partial charge is 0.218 e. The van der Waals surface area contributed by atoms with Crippen molar-refractivity contribution >= 4 is 10.0 Å². The number of hydrogen-bond donors (Lipinski definition) is 0. The van der Waals surface area contributed by atoms with Crippen LogP contribution in [0, 0.1) is 6.92 Å². The highest BCUT2D eigenvalue weighted by molar-refractivity contribution is 7.88. The Labute approximate surface area is 150 Å². The van der Waals surface area contributed by atoms with Crippen molar-refractivity contribution in [1.82, 2.24) is 4.31 Å². The van der Waals surface area contributed by atoms with Crippen LogP contribution in [0.2, 0.25) is 0 Å². The molecule has 1 saturated heterocycles. The average molecular weight is 359 g/mol. The highest BCUT2D eigenvalue weighted by atomic mass is 32.2. The summed E-state index contributed by atoms with van der Waals surface area (Å²) >= 11 is 0. The standard InChI is InChI=1S/C20H25NO3S/c1-16-8-6-7-11-19(16)15-25(22,23)21-13-20(24-14-17(21)2)12-18-9-4-3-5-10-18/h3-11,17,20H,12-15H2,1-2H3. The fraction of sp³-hybridized carbons (Fsp3) is 0.400. The first-order chi connectivity index (χ1) is 12.0. The average Bonchev–Trinajstić information content (AvgIpc) is 2.59. The van der Waals surface area contributed by atoms with Gasteiger partial charge in [-0.15, -0.1) is 0 Å². The molecular formula is C20H25NO3S. The van der Waals surface area contributed by atoms with Crippen molar-refractivity contribution in [2.75, 3.05) is 13.2 Å². The molecule has 0 aromatic heterocycles. The van der Waals surface area contributed by atoms with Gasteiger partial charge in [-0.1, -0.05) is 54.6 Å². The van der Waals surface area contributed by atoms with Gasteiger partial charge in [0.1, 0.15) is 0 Å². The number of hydrogen-bond acceptors (Lipinski definition) is 3. The molecule has 2 aromatic rings. The Morgan fingerprint density at radius 2 is 1.76 bits per heavy atom. The Morgan fingerprint density at radius 3 is 2.48 bits per heavy atom. The minimum atomic E-state index is -3.38. The number of aryl methyl sites for hydroxylation is 1. The Hall–Kier alpha value is -1.69. The first-order valence-corrected chi connectivity index (χ1v) is 10.3. The van der Waals surface area contributed by atoms with E-state index in [1.54, 1.807) is 4.31 Å². The quantitative estimate of drug-likeness (QED) is 0.824. The van der Waals surface area contributed by atoms with Crippen molar-refractivity contribution in [3.63, 3.8) is 0 Å². The van der Waals surface area contributed by atoms with Gasteiger partial charge in [0.05, 0.1) is 18.5 Å². The van der Waals surface area contributed by atoms with E-state index in [-0.39, 0.29) is 17.9 Å². The second kappa shape index (κ2) is 7.68. The van der Waals surface area contributed by atoms with Gasteiger partial charge in [0, 0.05) is 12.6 Å². The lowest BCUT2D eigenvalue weighted by Crippen LogP contribution is -2.51. The molecule has 2 atom stereocenters. The summed E-state index contributed by atoms with van der Waals surface area (Å²) in [6, 6.07) is 17.6. The van der Waals surface area contributed by atoms with Gasteiger partial charge in [-0.2, -0.15) is 4.31 Å². The summed E-state index contributed by atoms with van der Waals surface area (Å²) in [7, 11) is -3.38. The second-order valence-electron chi connectivity index (χ2n) is 6.75. The molecule has 1 fully saturated rings. The molecule has 25 heavy (non-hydrogen) atoms. The molecule has 0 aliphatic carbocycles. The van der Waals surface area contributed by atoms with Crippen molar-refractivity contribution in [3.8, 4) is 0 Å². The van der Waals surface area contributed by atoms with Crippen LogP contribution in [0.3, 0.4) is 0 Å². The summed E-state index contributed by atoms with van der Waals surface area (Å²) in [5.74, 6) is 0.0437. The molecule has 0 amide bonds. The Morgan fingerprint density at radius 1 is 1.08 bits per heavy atom. The predicted molar refractivity (Wildman–Crippen MR) is 99.9 cm³/mol. The van der Waals surface area contributed by atoms with Crippen LogP contribution in [0.15, 0.2) is 54.6 Å². The van der Waals surface area contributed by atoms with Gasteiger partial charge in [0.25, 0.3) is 0 Å². The maximum absolute atomic E-state index is 13.0. The van der Waals surface area contributed by atoms with Crippen molar-refractivity contribution in [2.45, 2.75) is 38.2 Å². The molecule has 2 aromatic carbocycles. The van der Waals surface area contributed by atoms with Crippen LogP contribution >= 0.6 is 0 Å². The third-order valence-corrected chi connectivity index (χ3v) is 6.61. The second-order valence-corrected chi connectivity index (χ2v) is 8.67. The highest BCUT2D eigenvalue weighted by Gasteiger charge is 2.34. The Bertz CT molecular complexity index is 805. The zero-order valence-electron chi connectivity index (χ0n) is 14.8. The molecule has 4 nitrogen and oxygen atoms in total. The summed E-state index contributed by atoms with van der Waals surface area (Å²) < 4.78 is 33.5. The summed E-state index contributed by atoms with van der Waals surface area (Å²) in [6.45, 7) is 4.70. The molecule has 0 spiro atoms. The van der Waals surface area contributed by atoms with E-state index >= 15 is 0 Å². The van der Waals surface area contributed by atoms with Gasteiger partial charge in [0.2, 0.25) is 10.0 Å². The maximum atomic E-state index is 13.0. The van der Waals surface area contributed by atoms with Crippen LogP contribution in [-0.4, -0.2) is 38.0 Å². The molecule has 3 rings (SSSR count). The third-order valence-electron chi connectivity index (χ3n) is 4.71. The molecule has 1 aliphatic rings. The highest BCUT2D eigenvalue weighted by Crippen LogP contribution is 2.22. The maximum Gasteiger partial charge on any atom is 0.218 e. The molecule has 0 saturated carbocycles. The van der Waals surface area contributed by atoms with Crippen molar-refractivity contribution in [1.29, 1.82) is 0 Å². The number of nitrogens with zero attached hydrogens (tertiary/aromatic N) is 1. The van der Waals surface area contributed by atoms with Crippen molar-refractivity contribution < 1.29 is 13.2 Å². The lowest BCUT2D eigenvalue weighted by Gasteiger charge is -2.37. The van der Waals surface area contributed by atoms with Gasteiger partial charge in [-0.3, -0.25) is 0 Å². The third kappa shape index (κ3) is 4.48. The van der Waals surface area contributed by atoms with E-state index in [1.807, 2.05) is 68.4 Å². The normalized spacial score (nSPS) is 22.0. The largest absolute Gasteiger partial charge is 0.375 e. The molecule has 5 heteroatoms. The van der Waals surface area contributed by atoms with E-state index in [0.29, 0.717) is 13.2 Å². The molecule has 0 bridgehead atoms. The lowest BCUT2D eigenvalue weighted by molar-refractivity contribution is -0.0265. The molecule has 1 aliphatic heterocycles. The van der Waals surface area contributed by atoms with Gasteiger partial charge in [-0.05, 0) is 37.0 Å². The summed E-state index contributed by atoms with van der Waals surface area (Å²) in [4.78, 5) is 0. The molecular weight excluding hydrogens is 334 g/mol. The van der Waals surface area contributed by atoms with E-state index in [2.05, 4.69) is 0 Å². The van der Waals surface area contributed by atoms with Crippen LogP contribution in [0.4, 0.5) is 0 Å². The van der Waals surface area contributed by atoms with Crippen LogP contribution < -0.4 is 0 Å². The van der Waals surface area contributed by atoms with Crippen LogP contribution in [0.5, 0.6) is 0 Å². The number of rotatable bonds is 5. The van der Waals surface area contributed by atoms with Crippen molar-refractivity contribution in [2.24, 2.45) is 0 Å². The number of benzene rings is 2. The van der Waals surface area contributed by atoms with E-state index in [1.165, 1.54) is 5.56 Å². The number of sulfonamides is 1. The predicted octanol–water partition coefficient (Wildman–Crippen LogP) is 3.16. The minimum Gasteiger partial charge on any atom is -0.375 e. The fourth-order valence-corrected chi connectivity index (χ4v) is 5.12. The van der Waals surface area contributed by atoms with E-state index in [0.717, 1.165) is 17.5 Å². The summed E-state index contributed by atoms with van der Waals surface area (Å²) in [5, 5.41) is 0. The number of ether oxygens (including phenoxy) is 1. The van der Waals surface area contributed by atoms with Gasteiger partial charge in [0.15, 0.2) is 0 Å². The summed E-state index contributed by atoms with van der Waals surface area (Å²) in [5.41, 5.74) is 3.03. The van der Waals surface area contributed by atoms with Crippen LogP contribution in [-0.2, 0) is 26.9 Å². The van der Waals surface area contributed by atoms with Crippen LogP contribution in [0.25, 0.3) is 0 Å². The molecule has 2 unspecified atom stereocenters. The first kappa shape index (κ1) is 18.1. The van der Waals surface area contributed by atoms with E-state index in [9.17, 15) is 8.42 Å². The zero-order valence-corrected chi connectivity index (χ0v) is 15.6. The van der Waals surface area contributed by atoms with Gasteiger partial charge >= 0.3 is 0 Å². The monoisotopic (exact) mass is 359 g/mol.